The molecule has 156 valence electrons. The van der Waals surface area contributed by atoms with Crippen molar-refractivity contribution >= 4 is 40.2 Å². The number of rotatable bonds is 4. The molecule has 2 heterocycles. The van der Waals surface area contributed by atoms with E-state index in [1.807, 2.05) is 55.5 Å². The first kappa shape index (κ1) is 20.6. The number of nitrogen functional groups attached to an aromatic ring is 1. The molecule has 0 radical (unpaired) electrons. The van der Waals surface area contributed by atoms with Crippen molar-refractivity contribution in [2.45, 2.75) is 6.92 Å². The summed E-state index contributed by atoms with van der Waals surface area (Å²) in [6.07, 6.45) is 1.70. The molecular formula is C23H21ClN6O. The number of nitrogens with zero attached hydrogens (tertiary/aromatic N) is 4. The number of carbonyl (C=O) groups excluding carboxylic acids is 1. The number of hydrogen-bond donors (Lipinski definition) is 2. The molecule has 0 unspecified atom stereocenters. The van der Waals surface area contributed by atoms with Crippen molar-refractivity contribution in [2.75, 3.05) is 24.2 Å². The molecule has 2 aromatic carbocycles. The highest BCUT2D eigenvalue weighted by Gasteiger charge is 2.21. The number of pyridine rings is 1. The minimum Gasteiger partial charge on any atom is -0.381 e. The predicted molar refractivity (Wildman–Crippen MR) is 125 cm³/mol. The minimum atomic E-state index is -0.317. The Morgan fingerprint density at radius 1 is 1.06 bits per heavy atom. The number of carbonyl (C=O) groups is 1. The molecule has 0 saturated heterocycles. The molecule has 0 spiro atoms. The zero-order valence-electron chi connectivity index (χ0n) is 17.1. The fourth-order valence-corrected chi connectivity index (χ4v) is 3.61. The van der Waals surface area contributed by atoms with Crippen molar-refractivity contribution in [1.29, 1.82) is 0 Å². The van der Waals surface area contributed by atoms with Crippen LogP contribution in [0.5, 0.6) is 0 Å². The molecule has 0 aliphatic heterocycles. The first-order valence-corrected chi connectivity index (χ1v) is 10.2. The summed E-state index contributed by atoms with van der Waals surface area (Å²) in [6, 6.07) is 16.9. The van der Waals surface area contributed by atoms with Crippen molar-refractivity contribution in [3.05, 3.63) is 65.8 Å². The summed E-state index contributed by atoms with van der Waals surface area (Å²) in [5, 5.41) is 4.12. The minimum absolute atomic E-state index is 0.157. The molecule has 0 bridgehead atoms. The standard InChI is InChI=1S/C23H21ClN6O/c1-3-26-23(31)30(2)22-21(25)28-19(14-8-5-4-6-9-14)20(29-22)16-12-15-10-7-11-27-18(15)17(24)13-16/h4-13H,3H2,1-2H3,(H2,25,28)(H,26,31). The summed E-state index contributed by atoms with van der Waals surface area (Å²) in [4.78, 5) is 27.5. The Morgan fingerprint density at radius 2 is 1.81 bits per heavy atom. The zero-order valence-corrected chi connectivity index (χ0v) is 17.9. The lowest BCUT2D eigenvalue weighted by atomic mass is 10.0. The number of anilines is 2. The molecule has 3 N–H and O–H groups in total. The lowest BCUT2D eigenvalue weighted by molar-refractivity contribution is 0.248. The Hall–Kier alpha value is -3.71. The molecular weight excluding hydrogens is 412 g/mol. The highest BCUT2D eigenvalue weighted by atomic mass is 35.5. The molecule has 0 atom stereocenters. The lowest BCUT2D eigenvalue weighted by Gasteiger charge is -2.20. The summed E-state index contributed by atoms with van der Waals surface area (Å²) in [7, 11) is 1.61. The summed E-state index contributed by atoms with van der Waals surface area (Å²) >= 11 is 6.53. The van der Waals surface area contributed by atoms with Gasteiger partial charge in [0.1, 0.15) is 0 Å². The van der Waals surface area contributed by atoms with E-state index < -0.39 is 0 Å². The Kier molecular flexibility index (Phi) is 5.68. The third-order valence-electron chi connectivity index (χ3n) is 4.83. The van der Waals surface area contributed by atoms with Gasteiger partial charge in [-0.1, -0.05) is 48.0 Å². The molecule has 31 heavy (non-hydrogen) atoms. The average Bonchev–Trinajstić information content (AvgIpc) is 2.79. The number of nitrogens with two attached hydrogens (primary N) is 1. The van der Waals surface area contributed by atoms with Crippen LogP contribution < -0.4 is 16.0 Å². The van der Waals surface area contributed by atoms with Crippen molar-refractivity contribution < 1.29 is 4.79 Å². The van der Waals surface area contributed by atoms with Crippen LogP contribution in [0.25, 0.3) is 33.4 Å². The third kappa shape index (κ3) is 4.00. The van der Waals surface area contributed by atoms with E-state index in [1.54, 1.807) is 19.3 Å². The van der Waals surface area contributed by atoms with Gasteiger partial charge in [-0.3, -0.25) is 9.88 Å². The third-order valence-corrected chi connectivity index (χ3v) is 5.12. The smallest absolute Gasteiger partial charge is 0.322 e. The van der Waals surface area contributed by atoms with Gasteiger partial charge in [0, 0.05) is 36.3 Å². The Morgan fingerprint density at radius 3 is 2.55 bits per heavy atom. The number of hydrogen-bond acceptors (Lipinski definition) is 5. The zero-order chi connectivity index (χ0) is 22.0. The summed E-state index contributed by atoms with van der Waals surface area (Å²) in [5.41, 5.74) is 9.71. The van der Waals surface area contributed by atoms with E-state index in [1.165, 1.54) is 4.90 Å². The monoisotopic (exact) mass is 432 g/mol. The number of benzene rings is 2. The van der Waals surface area contributed by atoms with Crippen LogP contribution in [0.3, 0.4) is 0 Å². The molecule has 4 rings (SSSR count). The lowest BCUT2D eigenvalue weighted by Crippen LogP contribution is -2.38. The maximum Gasteiger partial charge on any atom is 0.322 e. The van der Waals surface area contributed by atoms with Crippen LogP contribution in [0, 0.1) is 0 Å². The number of halogens is 1. The molecule has 4 aromatic rings. The maximum atomic E-state index is 12.4. The number of fused-ring (bicyclic) bond motifs is 1. The van der Waals surface area contributed by atoms with Crippen LogP contribution in [-0.4, -0.2) is 34.6 Å². The molecule has 7 nitrogen and oxygen atoms in total. The first-order valence-electron chi connectivity index (χ1n) is 9.78. The normalized spacial score (nSPS) is 10.8. The fourth-order valence-electron chi connectivity index (χ4n) is 3.34. The molecule has 8 heteroatoms. The van der Waals surface area contributed by atoms with Gasteiger partial charge in [-0.25, -0.2) is 14.8 Å². The van der Waals surface area contributed by atoms with Gasteiger partial charge in [-0.15, -0.1) is 0 Å². The van der Waals surface area contributed by atoms with Gasteiger partial charge in [-0.2, -0.15) is 0 Å². The van der Waals surface area contributed by atoms with Crippen LogP contribution in [0.4, 0.5) is 16.4 Å². The van der Waals surface area contributed by atoms with Crippen LogP contribution >= 0.6 is 11.6 Å². The van der Waals surface area contributed by atoms with E-state index in [2.05, 4.69) is 15.3 Å². The van der Waals surface area contributed by atoms with Gasteiger partial charge >= 0.3 is 6.03 Å². The van der Waals surface area contributed by atoms with E-state index in [-0.39, 0.29) is 17.7 Å². The van der Waals surface area contributed by atoms with Crippen LogP contribution in [-0.2, 0) is 0 Å². The second kappa shape index (κ2) is 8.57. The highest BCUT2D eigenvalue weighted by Crippen LogP contribution is 2.36. The van der Waals surface area contributed by atoms with Crippen molar-refractivity contribution in [2.24, 2.45) is 0 Å². The fraction of sp³-hybridized carbons (Fsp3) is 0.130. The maximum absolute atomic E-state index is 12.4. The van der Waals surface area contributed by atoms with Crippen LogP contribution in [0.2, 0.25) is 5.02 Å². The summed E-state index contributed by atoms with van der Waals surface area (Å²) < 4.78 is 0. The molecule has 0 aliphatic rings. The van der Waals surface area contributed by atoms with E-state index in [0.29, 0.717) is 28.5 Å². The number of urea groups is 1. The SMILES string of the molecule is CCNC(=O)N(C)c1nc(-c2cc(Cl)c3ncccc3c2)c(-c2ccccc2)nc1N. The van der Waals surface area contributed by atoms with Crippen LogP contribution in [0.15, 0.2) is 60.8 Å². The average molecular weight is 433 g/mol. The molecule has 2 aromatic heterocycles. The van der Waals surface area contributed by atoms with E-state index in [0.717, 1.165) is 16.5 Å². The van der Waals surface area contributed by atoms with Gasteiger partial charge in [0.05, 0.1) is 21.9 Å². The number of aromatic nitrogens is 3. The molecule has 2 amide bonds. The van der Waals surface area contributed by atoms with E-state index in [4.69, 9.17) is 22.3 Å². The second-order valence-corrected chi connectivity index (χ2v) is 7.33. The van der Waals surface area contributed by atoms with Gasteiger partial charge in [-0.05, 0) is 25.1 Å². The van der Waals surface area contributed by atoms with Crippen molar-refractivity contribution in [3.63, 3.8) is 0 Å². The second-order valence-electron chi connectivity index (χ2n) is 6.92. The van der Waals surface area contributed by atoms with E-state index in [9.17, 15) is 4.79 Å². The van der Waals surface area contributed by atoms with Crippen LogP contribution in [0.1, 0.15) is 6.92 Å². The largest absolute Gasteiger partial charge is 0.381 e. The summed E-state index contributed by atoms with van der Waals surface area (Å²) in [5.74, 6) is 0.424. The van der Waals surface area contributed by atoms with Crippen molar-refractivity contribution in [3.8, 4) is 22.5 Å². The predicted octanol–water partition coefficient (Wildman–Crippen LogP) is 4.76. The number of nitrogens with one attached hydrogen (secondary N) is 1. The van der Waals surface area contributed by atoms with Gasteiger partial charge in [0.15, 0.2) is 11.6 Å². The Labute approximate surface area is 184 Å². The van der Waals surface area contributed by atoms with Gasteiger partial charge < -0.3 is 11.1 Å². The van der Waals surface area contributed by atoms with Gasteiger partial charge in [0.25, 0.3) is 0 Å². The van der Waals surface area contributed by atoms with E-state index >= 15 is 0 Å². The summed E-state index contributed by atoms with van der Waals surface area (Å²) in [6.45, 7) is 2.33. The molecule has 0 aliphatic carbocycles. The van der Waals surface area contributed by atoms with Crippen molar-refractivity contribution in [1.82, 2.24) is 20.3 Å². The quantitative estimate of drug-likeness (QED) is 0.484. The Balaban J connectivity index is 1.96. The molecule has 0 saturated carbocycles. The topological polar surface area (TPSA) is 97.0 Å². The number of amides is 2. The first-order chi connectivity index (χ1) is 15.0. The highest BCUT2D eigenvalue weighted by molar-refractivity contribution is 6.35. The Bertz CT molecular complexity index is 1260. The molecule has 0 fully saturated rings. The van der Waals surface area contributed by atoms with Gasteiger partial charge in [0.2, 0.25) is 0 Å².